The summed E-state index contributed by atoms with van der Waals surface area (Å²) in [5, 5.41) is 0.508. The van der Waals surface area contributed by atoms with Gasteiger partial charge in [0.25, 0.3) is 5.56 Å². The number of amidine groups is 1. The van der Waals surface area contributed by atoms with Crippen LogP contribution in [-0.4, -0.2) is 49.4 Å². The molecule has 0 saturated carbocycles. The van der Waals surface area contributed by atoms with Crippen molar-refractivity contribution >= 4 is 43.1 Å². The Morgan fingerprint density at radius 2 is 1.89 bits per heavy atom. The number of methoxy groups -OCH3 is 1. The van der Waals surface area contributed by atoms with E-state index in [-0.39, 0.29) is 35.0 Å². The Balaban J connectivity index is 1.74. The van der Waals surface area contributed by atoms with Gasteiger partial charge in [-0.15, -0.1) is 11.3 Å². The molecule has 192 valence electrons. The summed E-state index contributed by atoms with van der Waals surface area (Å²) in [6.45, 7) is 3.51. The molecule has 36 heavy (non-hydrogen) atoms. The number of thiophene rings is 1. The third-order valence-corrected chi connectivity index (χ3v) is 9.01. The van der Waals surface area contributed by atoms with Crippen LogP contribution in [-0.2, 0) is 21.7 Å². The number of esters is 1. The first-order valence-corrected chi connectivity index (χ1v) is 14.2. The topological polar surface area (TPSA) is 130 Å². The summed E-state index contributed by atoms with van der Waals surface area (Å²) in [5.41, 5.74) is 7.71. The Kier molecular flexibility index (Phi) is 7.24. The Morgan fingerprint density at radius 3 is 2.53 bits per heavy atom. The van der Waals surface area contributed by atoms with E-state index < -0.39 is 9.84 Å². The molecule has 1 aromatic carbocycles. The molecule has 1 fully saturated rings. The highest BCUT2D eigenvalue weighted by molar-refractivity contribution is 7.91. The number of hydrogen-bond donors (Lipinski definition) is 1. The molecule has 1 aliphatic heterocycles. The number of nitrogens with two attached hydrogens (primary N) is 1. The minimum absolute atomic E-state index is 0.107. The molecular weight excluding hydrogens is 502 g/mol. The lowest BCUT2D eigenvalue weighted by atomic mass is 10.1. The summed E-state index contributed by atoms with van der Waals surface area (Å²) in [6, 6.07) is 6.82. The van der Waals surface area contributed by atoms with Gasteiger partial charge in [-0.1, -0.05) is 19.9 Å². The van der Waals surface area contributed by atoms with Gasteiger partial charge in [0, 0.05) is 23.5 Å². The van der Waals surface area contributed by atoms with Crippen molar-refractivity contribution in [1.82, 2.24) is 4.57 Å². The van der Waals surface area contributed by atoms with Crippen molar-refractivity contribution in [2.24, 2.45) is 23.7 Å². The fourth-order valence-electron chi connectivity index (χ4n) is 4.00. The van der Waals surface area contributed by atoms with E-state index in [0.29, 0.717) is 40.4 Å². The van der Waals surface area contributed by atoms with Crippen LogP contribution in [0.3, 0.4) is 0 Å². The van der Waals surface area contributed by atoms with Crippen molar-refractivity contribution in [2.75, 3.05) is 18.6 Å². The summed E-state index contributed by atoms with van der Waals surface area (Å²) >= 11 is 1.36. The molecule has 9 nitrogen and oxygen atoms in total. The number of carbonyl (C=O) groups excluding carboxylic acids is 1. The van der Waals surface area contributed by atoms with Crippen LogP contribution in [0, 0.1) is 5.92 Å². The van der Waals surface area contributed by atoms with E-state index in [1.165, 1.54) is 23.0 Å². The molecule has 4 rings (SSSR count). The first kappa shape index (κ1) is 25.9. The molecule has 2 N–H and O–H groups in total. The number of hydrogen-bond acceptors (Lipinski definition) is 8. The molecule has 0 atom stereocenters. The second-order valence-corrected chi connectivity index (χ2v) is 12.5. The van der Waals surface area contributed by atoms with Gasteiger partial charge in [0.2, 0.25) is 0 Å². The van der Waals surface area contributed by atoms with Crippen LogP contribution < -0.4 is 20.8 Å². The van der Waals surface area contributed by atoms with E-state index in [1.807, 2.05) is 6.07 Å². The van der Waals surface area contributed by atoms with Crippen molar-refractivity contribution in [3.8, 4) is 22.6 Å². The molecule has 0 radical (unpaired) electrons. The molecule has 0 amide bonds. The predicted molar refractivity (Wildman–Crippen MR) is 142 cm³/mol. The number of ether oxygens (including phenoxy) is 2. The zero-order valence-electron chi connectivity index (χ0n) is 20.6. The van der Waals surface area contributed by atoms with Crippen molar-refractivity contribution < 1.29 is 22.7 Å². The van der Waals surface area contributed by atoms with Gasteiger partial charge in [0.05, 0.1) is 40.8 Å². The van der Waals surface area contributed by atoms with Crippen LogP contribution in [0.4, 0.5) is 0 Å². The third-order valence-electron chi connectivity index (χ3n) is 6.11. The van der Waals surface area contributed by atoms with Gasteiger partial charge in [-0.3, -0.25) is 14.6 Å². The summed E-state index contributed by atoms with van der Waals surface area (Å²) in [7, 11) is 0.185. The van der Waals surface area contributed by atoms with Gasteiger partial charge < -0.3 is 19.8 Å². The van der Waals surface area contributed by atoms with E-state index in [1.54, 1.807) is 45.3 Å². The molecule has 0 unspecified atom stereocenters. The van der Waals surface area contributed by atoms with Gasteiger partial charge in [-0.25, -0.2) is 8.42 Å². The second kappa shape index (κ2) is 10.1. The molecular formula is C25H29N3O6S2. The fourth-order valence-corrected chi connectivity index (χ4v) is 6.55. The molecule has 3 heterocycles. The van der Waals surface area contributed by atoms with Crippen molar-refractivity contribution in [2.45, 2.75) is 32.7 Å². The number of benzene rings is 1. The van der Waals surface area contributed by atoms with Crippen molar-refractivity contribution in [3.05, 3.63) is 45.7 Å². The Bertz CT molecular complexity index is 1500. The number of aromatic nitrogens is 1. The minimum Gasteiger partial charge on any atom is -0.493 e. The molecule has 11 heteroatoms. The minimum atomic E-state index is -2.99. The summed E-state index contributed by atoms with van der Waals surface area (Å²) in [6.07, 6.45) is 2.63. The lowest BCUT2D eigenvalue weighted by molar-refractivity contribution is -0.137. The van der Waals surface area contributed by atoms with Crippen molar-refractivity contribution in [3.63, 3.8) is 0 Å². The highest BCUT2D eigenvalue weighted by Gasteiger charge is 2.24. The van der Waals surface area contributed by atoms with Gasteiger partial charge in [-0.2, -0.15) is 0 Å². The van der Waals surface area contributed by atoms with Gasteiger partial charge in [-0.05, 0) is 36.6 Å². The predicted octanol–water partition coefficient (Wildman–Crippen LogP) is 3.12. The van der Waals surface area contributed by atoms with E-state index >= 15 is 0 Å². The molecule has 0 aliphatic carbocycles. The first-order valence-electron chi connectivity index (χ1n) is 11.6. The Hall–Kier alpha value is -3.18. The number of pyridine rings is 1. The van der Waals surface area contributed by atoms with Crippen LogP contribution in [0.2, 0.25) is 0 Å². The van der Waals surface area contributed by atoms with Gasteiger partial charge in [0.1, 0.15) is 15.7 Å². The second-order valence-electron chi connectivity index (χ2n) is 9.15. The maximum atomic E-state index is 12.9. The highest BCUT2D eigenvalue weighted by Crippen LogP contribution is 2.38. The average molecular weight is 532 g/mol. The van der Waals surface area contributed by atoms with E-state index in [0.717, 1.165) is 15.8 Å². The largest absolute Gasteiger partial charge is 0.493 e. The quantitative estimate of drug-likeness (QED) is 0.224. The Labute approximate surface area is 213 Å². The van der Waals surface area contributed by atoms with Crippen LogP contribution >= 0.6 is 11.3 Å². The number of nitrogens with zero attached hydrogens (tertiary/aromatic N) is 2. The third kappa shape index (κ3) is 5.31. The van der Waals surface area contributed by atoms with E-state index in [2.05, 4.69) is 4.99 Å². The normalized spacial score (nSPS) is 16.4. The lowest BCUT2D eigenvalue weighted by Gasteiger charge is -2.18. The highest BCUT2D eigenvalue weighted by atomic mass is 32.2. The zero-order valence-corrected chi connectivity index (χ0v) is 22.2. The standard InChI is InChI=1S/C25H29N3O6S2/c1-14(2)25(30)34-19-6-5-15(11-20(19)33-4)18-13-28(3)24(29)17-12-21(35-22(17)18)23(26)27-16-7-9-36(31,32)10-8-16/h5-6,11-14,16H,7-10H2,1-4H3,(H2,26,27). The summed E-state index contributed by atoms with van der Waals surface area (Å²) in [4.78, 5) is 30.2. The zero-order chi connectivity index (χ0) is 26.2. The summed E-state index contributed by atoms with van der Waals surface area (Å²) < 4.78 is 36.6. The van der Waals surface area contributed by atoms with Crippen LogP contribution in [0.5, 0.6) is 11.5 Å². The first-order chi connectivity index (χ1) is 17.0. The molecule has 3 aromatic rings. The van der Waals surface area contributed by atoms with Crippen LogP contribution in [0.25, 0.3) is 21.2 Å². The maximum absolute atomic E-state index is 12.9. The number of fused-ring (bicyclic) bond motifs is 1. The van der Waals surface area contributed by atoms with E-state index in [4.69, 9.17) is 15.2 Å². The molecule has 0 bridgehead atoms. The smallest absolute Gasteiger partial charge is 0.313 e. The number of aliphatic imine (C=N–C) groups is 1. The van der Waals surface area contributed by atoms with E-state index in [9.17, 15) is 18.0 Å². The Morgan fingerprint density at radius 1 is 1.19 bits per heavy atom. The molecule has 2 aromatic heterocycles. The van der Waals surface area contributed by atoms with Crippen molar-refractivity contribution in [1.29, 1.82) is 0 Å². The van der Waals surface area contributed by atoms with Crippen LogP contribution in [0.1, 0.15) is 31.6 Å². The molecule has 1 saturated heterocycles. The monoisotopic (exact) mass is 531 g/mol. The van der Waals surface area contributed by atoms with Gasteiger partial charge >= 0.3 is 5.97 Å². The molecule has 1 aliphatic rings. The number of rotatable bonds is 6. The SMILES string of the molecule is COc1cc(-c2cn(C)c(=O)c3cc(C(N)=NC4CCS(=O)(=O)CC4)sc23)ccc1OC(=O)C(C)C. The number of aryl methyl sites for hydroxylation is 1. The molecule has 0 spiro atoms. The lowest BCUT2D eigenvalue weighted by Crippen LogP contribution is -2.27. The number of carbonyl (C=O) groups is 1. The van der Waals surface area contributed by atoms with Crippen LogP contribution in [0.15, 0.2) is 40.2 Å². The number of sulfone groups is 1. The maximum Gasteiger partial charge on any atom is 0.313 e. The average Bonchev–Trinajstić information content (AvgIpc) is 3.29. The summed E-state index contributed by atoms with van der Waals surface area (Å²) in [5.74, 6) is 0.576. The van der Waals surface area contributed by atoms with Gasteiger partial charge in [0.15, 0.2) is 11.5 Å². The fraction of sp³-hybridized carbons (Fsp3) is 0.400.